The Labute approximate surface area is 44.1 Å². The van der Waals surface area contributed by atoms with Gasteiger partial charge in [-0.2, -0.15) is 0 Å². The minimum atomic E-state index is 1.12. The summed E-state index contributed by atoms with van der Waals surface area (Å²) in [5.74, 6) is 0. The van der Waals surface area contributed by atoms with Gasteiger partial charge in [-0.3, -0.25) is 0 Å². The lowest BCUT2D eigenvalue weighted by atomic mass is 10.6. The van der Waals surface area contributed by atoms with Crippen molar-refractivity contribution in [1.29, 1.82) is 0 Å². The molecule has 0 fully saturated rings. The average molecular weight is 98.1 g/mol. The fourth-order valence-corrected chi connectivity index (χ4v) is 0.691. The second-order valence-corrected chi connectivity index (χ2v) is 1.94. The summed E-state index contributed by atoms with van der Waals surface area (Å²) in [6.45, 7) is 2.24. The lowest BCUT2D eigenvalue weighted by Crippen LogP contribution is -2.11. The Balaban J connectivity index is 2.50. The Morgan fingerprint density at radius 3 is 2.57 bits per heavy atom. The summed E-state index contributed by atoms with van der Waals surface area (Å²) in [4.78, 5) is 2.06. The van der Waals surface area contributed by atoms with Crippen LogP contribution in [0.25, 0.3) is 0 Å². The molecular formula is C5H10N2. The van der Waals surface area contributed by atoms with Crippen LogP contribution in [0.2, 0.25) is 0 Å². The van der Waals surface area contributed by atoms with Crippen LogP contribution in [0, 0.1) is 0 Å². The smallest absolute Gasteiger partial charge is 0.0877 e. The minimum Gasteiger partial charge on any atom is -0.438 e. The zero-order valence-electron chi connectivity index (χ0n) is 4.81. The van der Waals surface area contributed by atoms with E-state index >= 15 is 0 Å². The largest absolute Gasteiger partial charge is 0.438 e. The van der Waals surface area contributed by atoms with E-state index in [1.165, 1.54) is 0 Å². The fourth-order valence-electron chi connectivity index (χ4n) is 0.691. The van der Waals surface area contributed by atoms with E-state index < -0.39 is 0 Å². The van der Waals surface area contributed by atoms with E-state index in [1.54, 1.807) is 0 Å². The third-order valence-corrected chi connectivity index (χ3v) is 1.11. The zero-order valence-corrected chi connectivity index (χ0v) is 4.81. The molecule has 2 heteroatoms. The third kappa shape index (κ3) is 0.918. The van der Waals surface area contributed by atoms with E-state index in [2.05, 4.69) is 15.8 Å². The van der Waals surface area contributed by atoms with Crippen LogP contribution in [0.3, 0.4) is 0 Å². The predicted octanol–water partition coefficient (Wildman–Crippen LogP) is -0.521. The molecule has 1 heterocycles. The Bertz CT molecular complexity index is 96.3. The van der Waals surface area contributed by atoms with Crippen LogP contribution >= 0.6 is 0 Å². The predicted molar refractivity (Wildman–Crippen MR) is 28.7 cm³/mol. The minimum absolute atomic E-state index is 1.12. The van der Waals surface area contributed by atoms with Crippen molar-refractivity contribution in [3.63, 3.8) is 0 Å². The molecule has 0 spiro atoms. The molecule has 0 aliphatic carbocycles. The summed E-state index contributed by atoms with van der Waals surface area (Å²) < 4.78 is 2.06. The molecule has 0 N–H and O–H groups in total. The highest BCUT2D eigenvalue weighted by Crippen LogP contribution is 1.83. The molecule has 1 rings (SSSR count). The van der Waals surface area contributed by atoms with Gasteiger partial charge < -0.3 is 9.48 Å². The maximum absolute atomic E-state index is 3.08. The number of nitrogens with zero attached hydrogens (tertiary/aromatic N) is 2. The summed E-state index contributed by atoms with van der Waals surface area (Å²) in [5.41, 5.74) is 0. The highest BCUT2D eigenvalue weighted by atomic mass is 15.2. The summed E-state index contributed by atoms with van der Waals surface area (Å²) >= 11 is 0. The number of hydrogen-bond acceptors (Lipinski definition) is 1. The molecule has 0 radical (unpaired) electrons. The summed E-state index contributed by atoms with van der Waals surface area (Å²) in [5, 5.41) is 0. The first-order valence-electron chi connectivity index (χ1n) is 2.47. The van der Waals surface area contributed by atoms with Crippen molar-refractivity contribution in [1.82, 2.24) is 4.90 Å². The number of rotatable bonds is 0. The van der Waals surface area contributed by atoms with Crippen LogP contribution in [0.5, 0.6) is 0 Å². The van der Waals surface area contributed by atoms with Gasteiger partial charge in [-0.1, -0.05) is 0 Å². The van der Waals surface area contributed by atoms with Gasteiger partial charge >= 0.3 is 0 Å². The molecule has 0 aromatic carbocycles. The number of likely N-dealkylation sites (N-methyl/N-ethyl adjacent to an activating group) is 2. The fraction of sp³-hybridized carbons (Fsp3) is 0.800. The van der Waals surface area contributed by atoms with Crippen molar-refractivity contribution >= 4 is 6.34 Å². The number of hydrogen-bond donors (Lipinski definition) is 0. The third-order valence-electron chi connectivity index (χ3n) is 1.11. The first-order valence-corrected chi connectivity index (χ1v) is 2.47. The topological polar surface area (TPSA) is 6.25 Å². The second kappa shape index (κ2) is 1.52. The van der Waals surface area contributed by atoms with E-state index in [-0.39, 0.29) is 0 Å². The highest BCUT2D eigenvalue weighted by molar-refractivity contribution is 5.49. The molecule has 1 aliphatic rings. The molecule has 2 nitrogen and oxygen atoms in total. The molecule has 0 saturated carbocycles. The van der Waals surface area contributed by atoms with Gasteiger partial charge in [-0.15, -0.1) is 6.34 Å². The summed E-state index contributed by atoms with van der Waals surface area (Å²) in [6.07, 6.45) is 3.08. The maximum Gasteiger partial charge on any atom is 0.0877 e. The SMILES string of the molecule is CN1[C-]=[N+](C)CC1. The lowest BCUT2D eigenvalue weighted by molar-refractivity contribution is -0.482. The molecule has 0 saturated heterocycles. The van der Waals surface area contributed by atoms with Crippen LogP contribution in [-0.2, 0) is 0 Å². The Hall–Kier alpha value is -0.530. The Kier molecular flexibility index (Phi) is 1.01. The van der Waals surface area contributed by atoms with Gasteiger partial charge in [-0.05, 0) is 0 Å². The van der Waals surface area contributed by atoms with Crippen molar-refractivity contribution in [2.75, 3.05) is 27.2 Å². The average Bonchev–Trinajstić information content (AvgIpc) is 1.87. The van der Waals surface area contributed by atoms with Crippen molar-refractivity contribution < 1.29 is 4.58 Å². The standard InChI is InChI=1S/C5H10N2/c1-6-3-4-7(2)5-6/h3-4H2,1-2H3. The van der Waals surface area contributed by atoms with E-state index in [0.29, 0.717) is 0 Å². The van der Waals surface area contributed by atoms with Gasteiger partial charge in [-0.25, -0.2) is 0 Å². The summed E-state index contributed by atoms with van der Waals surface area (Å²) in [7, 11) is 4.06. The first-order chi connectivity index (χ1) is 3.29. The first kappa shape index (κ1) is 4.62. The monoisotopic (exact) mass is 98.1 g/mol. The van der Waals surface area contributed by atoms with Crippen LogP contribution in [-0.4, -0.2) is 43.0 Å². The van der Waals surface area contributed by atoms with E-state index in [4.69, 9.17) is 0 Å². The van der Waals surface area contributed by atoms with Crippen LogP contribution in [0.15, 0.2) is 0 Å². The van der Waals surface area contributed by atoms with Crippen molar-refractivity contribution in [3.8, 4) is 0 Å². The molecule has 0 bridgehead atoms. The van der Waals surface area contributed by atoms with Crippen molar-refractivity contribution in [2.24, 2.45) is 0 Å². The molecule has 1 aliphatic heterocycles. The molecule has 0 aromatic heterocycles. The van der Waals surface area contributed by atoms with Gasteiger partial charge in [0.1, 0.15) is 0 Å². The molecule has 0 atom stereocenters. The maximum atomic E-state index is 3.08. The van der Waals surface area contributed by atoms with Gasteiger partial charge in [0.05, 0.1) is 13.1 Å². The molecule has 0 aromatic rings. The van der Waals surface area contributed by atoms with Crippen molar-refractivity contribution in [3.05, 3.63) is 0 Å². The normalized spacial score (nSPS) is 20.3. The Morgan fingerprint density at radius 1 is 1.71 bits per heavy atom. The van der Waals surface area contributed by atoms with Gasteiger partial charge in [0.2, 0.25) is 0 Å². The summed E-state index contributed by atoms with van der Waals surface area (Å²) in [6, 6.07) is 0. The van der Waals surface area contributed by atoms with E-state index in [0.717, 1.165) is 13.1 Å². The van der Waals surface area contributed by atoms with Crippen LogP contribution in [0.4, 0.5) is 0 Å². The van der Waals surface area contributed by atoms with Crippen LogP contribution < -0.4 is 0 Å². The van der Waals surface area contributed by atoms with E-state index in [1.807, 2.05) is 14.1 Å². The molecule has 40 valence electrons. The Morgan fingerprint density at radius 2 is 2.43 bits per heavy atom. The lowest BCUT2D eigenvalue weighted by Gasteiger charge is -2.05. The quantitative estimate of drug-likeness (QED) is 0.292. The van der Waals surface area contributed by atoms with Crippen molar-refractivity contribution in [2.45, 2.75) is 0 Å². The molecule has 7 heavy (non-hydrogen) atoms. The second-order valence-electron chi connectivity index (χ2n) is 1.94. The van der Waals surface area contributed by atoms with E-state index in [9.17, 15) is 0 Å². The highest BCUT2D eigenvalue weighted by Gasteiger charge is 1.96. The van der Waals surface area contributed by atoms with Crippen LogP contribution in [0.1, 0.15) is 0 Å². The van der Waals surface area contributed by atoms with Gasteiger partial charge in [0.15, 0.2) is 0 Å². The molecular weight excluding hydrogens is 88.1 g/mol. The molecule has 0 unspecified atom stereocenters. The zero-order chi connectivity index (χ0) is 5.28. The molecule has 0 amide bonds. The van der Waals surface area contributed by atoms with Gasteiger partial charge in [0, 0.05) is 14.1 Å². The van der Waals surface area contributed by atoms with Gasteiger partial charge in [0.25, 0.3) is 0 Å².